The van der Waals surface area contributed by atoms with Gasteiger partial charge in [-0.25, -0.2) is 23.4 Å². The maximum absolute atomic E-state index is 11.4. The van der Waals surface area contributed by atoms with Crippen molar-refractivity contribution in [2.45, 2.75) is 45.1 Å². The van der Waals surface area contributed by atoms with Crippen LogP contribution < -0.4 is 14.4 Å². The van der Waals surface area contributed by atoms with Crippen LogP contribution in [-0.4, -0.2) is 42.7 Å². The highest BCUT2D eigenvalue weighted by Crippen LogP contribution is 2.36. The average molecular weight is 516 g/mol. The summed E-state index contributed by atoms with van der Waals surface area (Å²) in [4.78, 5) is 15.1. The van der Waals surface area contributed by atoms with Crippen LogP contribution >= 0.6 is 11.6 Å². The zero-order valence-electron chi connectivity index (χ0n) is 20.2. The van der Waals surface area contributed by atoms with Crippen molar-refractivity contribution in [3.05, 3.63) is 70.6 Å². The molecule has 35 heavy (non-hydrogen) atoms. The summed E-state index contributed by atoms with van der Waals surface area (Å²) in [5.74, 6) is 1.57. The van der Waals surface area contributed by atoms with Crippen LogP contribution in [0.2, 0.25) is 5.02 Å². The molecule has 2 aromatic heterocycles. The van der Waals surface area contributed by atoms with E-state index in [4.69, 9.17) is 21.3 Å². The van der Waals surface area contributed by atoms with Crippen LogP contribution in [0.5, 0.6) is 5.75 Å². The Morgan fingerprint density at radius 1 is 1.06 bits per heavy atom. The fraction of sp³-hybridized carbons (Fsp3) is 0.400. The molecule has 3 heterocycles. The molecule has 0 bridgehead atoms. The van der Waals surface area contributed by atoms with Crippen molar-refractivity contribution >= 4 is 33.4 Å². The first-order valence-electron chi connectivity index (χ1n) is 11.6. The Balaban J connectivity index is 1.43. The summed E-state index contributed by atoms with van der Waals surface area (Å²) in [6.07, 6.45) is 8.08. The topological polar surface area (TPSA) is 97.3 Å². The lowest BCUT2D eigenvalue weighted by molar-refractivity contribution is 0.301. The second-order valence-corrected chi connectivity index (χ2v) is 11.4. The summed E-state index contributed by atoms with van der Waals surface area (Å²) in [6.45, 7) is 6.48. The number of ether oxygens (including phenoxy) is 1. The van der Waals surface area contributed by atoms with E-state index in [0.29, 0.717) is 16.5 Å². The minimum atomic E-state index is -3.44. The molecule has 4 rings (SSSR count). The number of halogens is 1. The van der Waals surface area contributed by atoms with E-state index in [1.165, 1.54) is 25.5 Å². The molecule has 1 aromatic carbocycles. The molecule has 1 saturated heterocycles. The molecule has 186 valence electrons. The van der Waals surface area contributed by atoms with Crippen molar-refractivity contribution in [2.75, 3.05) is 29.0 Å². The van der Waals surface area contributed by atoms with Gasteiger partial charge in [-0.2, -0.15) is 0 Å². The molecule has 1 aliphatic heterocycles. The highest BCUT2D eigenvalue weighted by atomic mass is 35.5. The smallest absolute Gasteiger partial charge is 0.236 e. The number of piperidine rings is 1. The van der Waals surface area contributed by atoms with Gasteiger partial charge < -0.3 is 9.64 Å². The minimum Gasteiger partial charge on any atom is -0.487 e. The molecule has 8 nitrogen and oxygen atoms in total. The van der Waals surface area contributed by atoms with E-state index in [1.807, 2.05) is 36.5 Å². The predicted octanol–water partition coefficient (Wildman–Crippen LogP) is 4.79. The molecule has 1 aliphatic rings. The van der Waals surface area contributed by atoms with Gasteiger partial charge in [0.15, 0.2) is 0 Å². The number of nitrogens with zero attached hydrogens (tertiary/aromatic N) is 4. The number of hydrogen-bond acceptors (Lipinski definition) is 7. The minimum absolute atomic E-state index is 0.0178. The highest BCUT2D eigenvalue weighted by molar-refractivity contribution is 7.91. The Morgan fingerprint density at radius 2 is 1.77 bits per heavy atom. The first kappa shape index (κ1) is 25.2. The van der Waals surface area contributed by atoms with E-state index in [1.54, 1.807) is 6.07 Å². The molecule has 10 heteroatoms. The van der Waals surface area contributed by atoms with Gasteiger partial charge in [0.25, 0.3) is 0 Å². The molecular formula is C25H30ClN5O3S. The molecular weight excluding hydrogens is 486 g/mol. The standard InChI is InChI=1S/C25H30ClN5O3S/c1-25(2,19-15-22(26)23(28-16-19)31-13-5-4-6-14-31)18-7-9-21(10-8-18)34-17-20-11-12-27-24(29-20)30-35(3,32)33/h7-12,15-16H,4-6,13-14,17H2,1-3H3,(H,27,29,30). The summed E-state index contributed by atoms with van der Waals surface area (Å²) in [5.41, 5.74) is 2.41. The molecule has 3 aromatic rings. The van der Waals surface area contributed by atoms with Crippen LogP contribution in [0, 0.1) is 0 Å². The first-order chi connectivity index (χ1) is 16.6. The van der Waals surface area contributed by atoms with Crippen LogP contribution in [0.15, 0.2) is 48.8 Å². The van der Waals surface area contributed by atoms with Crippen molar-refractivity contribution in [3.63, 3.8) is 0 Å². The van der Waals surface area contributed by atoms with Gasteiger partial charge in [-0.15, -0.1) is 0 Å². The highest BCUT2D eigenvalue weighted by Gasteiger charge is 2.26. The van der Waals surface area contributed by atoms with Crippen molar-refractivity contribution in [2.24, 2.45) is 0 Å². The molecule has 0 saturated carbocycles. The number of pyridine rings is 1. The Bertz CT molecular complexity index is 1280. The molecule has 0 unspecified atom stereocenters. The van der Waals surface area contributed by atoms with E-state index >= 15 is 0 Å². The third kappa shape index (κ3) is 6.41. The lowest BCUT2D eigenvalue weighted by atomic mass is 9.79. The van der Waals surface area contributed by atoms with Gasteiger partial charge in [0.2, 0.25) is 16.0 Å². The molecule has 0 aliphatic carbocycles. The summed E-state index contributed by atoms with van der Waals surface area (Å²) in [5, 5.41) is 0.687. The van der Waals surface area contributed by atoms with Crippen LogP contribution in [0.25, 0.3) is 0 Å². The maximum Gasteiger partial charge on any atom is 0.236 e. The van der Waals surface area contributed by atoms with Crippen LogP contribution in [-0.2, 0) is 22.0 Å². The van der Waals surface area contributed by atoms with Crippen molar-refractivity contribution < 1.29 is 13.2 Å². The number of nitrogens with one attached hydrogen (secondary N) is 1. The van der Waals surface area contributed by atoms with E-state index < -0.39 is 10.0 Å². The predicted molar refractivity (Wildman–Crippen MR) is 139 cm³/mol. The summed E-state index contributed by atoms with van der Waals surface area (Å²) < 4.78 is 30.9. The molecule has 0 radical (unpaired) electrons. The lowest BCUT2D eigenvalue weighted by Gasteiger charge is -2.30. The largest absolute Gasteiger partial charge is 0.487 e. The molecule has 0 spiro atoms. The number of anilines is 2. The monoisotopic (exact) mass is 515 g/mol. The summed E-state index contributed by atoms with van der Waals surface area (Å²) in [6, 6.07) is 11.6. The number of sulfonamides is 1. The van der Waals surface area contributed by atoms with Crippen molar-refractivity contribution in [3.8, 4) is 5.75 Å². The number of hydrogen-bond donors (Lipinski definition) is 1. The third-order valence-corrected chi connectivity index (χ3v) is 6.98. The molecule has 1 fully saturated rings. The van der Waals surface area contributed by atoms with Gasteiger partial charge in [-0.1, -0.05) is 37.6 Å². The maximum atomic E-state index is 11.4. The molecule has 0 amide bonds. The van der Waals surface area contributed by atoms with Gasteiger partial charge in [-0.05, 0) is 54.7 Å². The number of benzene rings is 1. The zero-order chi connectivity index (χ0) is 25.1. The second kappa shape index (κ2) is 10.4. The average Bonchev–Trinajstić information content (AvgIpc) is 2.83. The van der Waals surface area contributed by atoms with Crippen LogP contribution in [0.3, 0.4) is 0 Å². The molecule has 1 N–H and O–H groups in total. The van der Waals surface area contributed by atoms with Crippen LogP contribution in [0.1, 0.15) is 49.9 Å². The van der Waals surface area contributed by atoms with Crippen LogP contribution in [0.4, 0.5) is 11.8 Å². The van der Waals surface area contributed by atoms with Crippen molar-refractivity contribution in [1.82, 2.24) is 15.0 Å². The lowest BCUT2D eigenvalue weighted by Crippen LogP contribution is -2.30. The van der Waals surface area contributed by atoms with Gasteiger partial charge in [0.1, 0.15) is 18.2 Å². The quantitative estimate of drug-likeness (QED) is 0.460. The first-order valence-corrected chi connectivity index (χ1v) is 13.8. The van der Waals surface area contributed by atoms with E-state index in [9.17, 15) is 8.42 Å². The summed E-state index contributed by atoms with van der Waals surface area (Å²) >= 11 is 6.66. The Morgan fingerprint density at radius 3 is 2.43 bits per heavy atom. The SMILES string of the molecule is CC(C)(c1ccc(OCc2ccnc(NS(C)(=O)=O)n2)cc1)c1cnc(N2CCCCC2)c(Cl)c1. The second-order valence-electron chi connectivity index (χ2n) is 9.26. The fourth-order valence-electron chi connectivity index (χ4n) is 4.09. The third-order valence-electron chi connectivity index (χ3n) is 6.15. The Labute approximate surface area is 211 Å². The Hall–Kier alpha value is -2.91. The molecule has 0 atom stereocenters. The van der Waals surface area contributed by atoms with E-state index in [-0.39, 0.29) is 18.0 Å². The zero-order valence-corrected chi connectivity index (χ0v) is 21.7. The number of aromatic nitrogens is 3. The van der Waals surface area contributed by atoms with Gasteiger partial charge in [-0.3, -0.25) is 4.72 Å². The normalized spacial score (nSPS) is 14.6. The van der Waals surface area contributed by atoms with Crippen molar-refractivity contribution in [1.29, 1.82) is 0 Å². The summed E-state index contributed by atoms with van der Waals surface area (Å²) in [7, 11) is -3.44. The Kier molecular flexibility index (Phi) is 7.47. The van der Waals surface area contributed by atoms with Gasteiger partial charge in [0.05, 0.1) is 17.0 Å². The van der Waals surface area contributed by atoms with Gasteiger partial charge in [0, 0.05) is 30.9 Å². The number of rotatable bonds is 8. The van der Waals surface area contributed by atoms with E-state index in [2.05, 4.69) is 33.4 Å². The van der Waals surface area contributed by atoms with E-state index in [0.717, 1.165) is 36.3 Å². The van der Waals surface area contributed by atoms with Gasteiger partial charge >= 0.3 is 0 Å². The fourth-order valence-corrected chi connectivity index (χ4v) is 4.81.